The lowest BCUT2D eigenvalue weighted by Gasteiger charge is -2.26. The van der Waals surface area contributed by atoms with Gasteiger partial charge in [-0.2, -0.15) is 0 Å². The van der Waals surface area contributed by atoms with Gasteiger partial charge in [-0.3, -0.25) is 9.69 Å². The third kappa shape index (κ3) is 4.75. The second-order valence-electron chi connectivity index (χ2n) is 5.26. The molecular formula is C17H20N2O2S2. The number of rotatable bonds is 6. The Morgan fingerprint density at radius 3 is 2.39 bits per heavy atom. The Hall–Kier alpha value is -1.47. The molecule has 1 saturated heterocycles. The van der Waals surface area contributed by atoms with Gasteiger partial charge in [-0.05, 0) is 22.9 Å². The third-order valence-corrected chi connectivity index (χ3v) is 5.49. The molecule has 4 nitrogen and oxygen atoms in total. The van der Waals surface area contributed by atoms with Crippen molar-refractivity contribution in [1.82, 2.24) is 10.2 Å². The zero-order valence-corrected chi connectivity index (χ0v) is 14.5. The molecule has 0 unspecified atom stereocenters. The number of nitrogens with zero attached hydrogens (tertiary/aromatic N) is 1. The van der Waals surface area contributed by atoms with Crippen molar-refractivity contribution in [3.63, 3.8) is 0 Å². The maximum atomic E-state index is 12.3. The number of carbonyl (C=O) groups is 1. The van der Waals surface area contributed by atoms with Gasteiger partial charge in [0.25, 0.3) is 0 Å². The van der Waals surface area contributed by atoms with Crippen molar-refractivity contribution in [3.8, 4) is 0 Å². The molecule has 2 aromatic rings. The van der Waals surface area contributed by atoms with E-state index in [0.717, 1.165) is 48.2 Å². The Balaban J connectivity index is 1.59. The zero-order valence-electron chi connectivity index (χ0n) is 12.9. The predicted molar refractivity (Wildman–Crippen MR) is 96.0 cm³/mol. The molecule has 122 valence electrons. The molecule has 0 aliphatic carbocycles. The number of hydrogen-bond donors (Lipinski definition) is 1. The summed E-state index contributed by atoms with van der Waals surface area (Å²) in [6.45, 7) is 5.00. The van der Waals surface area contributed by atoms with Crippen molar-refractivity contribution in [1.29, 1.82) is 0 Å². The summed E-state index contributed by atoms with van der Waals surface area (Å²) in [4.78, 5) is 16.8. The van der Waals surface area contributed by atoms with Gasteiger partial charge in [-0.1, -0.05) is 12.1 Å². The molecule has 1 aliphatic rings. The maximum absolute atomic E-state index is 12.3. The first kappa shape index (κ1) is 16.4. The molecule has 0 bridgehead atoms. The van der Waals surface area contributed by atoms with Crippen molar-refractivity contribution in [2.24, 2.45) is 0 Å². The number of carbonyl (C=O) groups excluding carboxylic acids is 1. The van der Waals surface area contributed by atoms with Crippen LogP contribution in [0.5, 0.6) is 0 Å². The van der Waals surface area contributed by atoms with E-state index >= 15 is 0 Å². The maximum Gasteiger partial charge on any atom is 0.244 e. The highest BCUT2D eigenvalue weighted by Gasteiger charge is 2.12. The summed E-state index contributed by atoms with van der Waals surface area (Å²) in [5, 5.41) is 7.07. The topological polar surface area (TPSA) is 41.6 Å². The molecule has 23 heavy (non-hydrogen) atoms. The first-order chi connectivity index (χ1) is 11.3. The average molecular weight is 348 g/mol. The van der Waals surface area contributed by atoms with Crippen LogP contribution >= 0.6 is 22.7 Å². The summed E-state index contributed by atoms with van der Waals surface area (Å²) in [6, 6.07) is 8.13. The van der Waals surface area contributed by atoms with Gasteiger partial charge in [0.1, 0.15) is 0 Å². The Morgan fingerprint density at radius 2 is 1.83 bits per heavy atom. The molecule has 3 rings (SSSR count). The van der Waals surface area contributed by atoms with E-state index in [1.54, 1.807) is 28.7 Å². The third-order valence-electron chi connectivity index (χ3n) is 3.68. The Labute approximate surface area is 144 Å². The fraction of sp³-hybridized carbons (Fsp3) is 0.353. The molecule has 1 N–H and O–H groups in total. The van der Waals surface area contributed by atoms with Gasteiger partial charge in [0, 0.05) is 47.6 Å². The quantitative estimate of drug-likeness (QED) is 0.816. The molecule has 0 aromatic carbocycles. The van der Waals surface area contributed by atoms with Gasteiger partial charge in [0.2, 0.25) is 5.91 Å². The molecule has 1 fully saturated rings. The molecule has 2 aromatic heterocycles. The van der Waals surface area contributed by atoms with E-state index < -0.39 is 0 Å². The van der Waals surface area contributed by atoms with Crippen molar-refractivity contribution in [2.45, 2.75) is 0 Å². The summed E-state index contributed by atoms with van der Waals surface area (Å²) in [6.07, 6.45) is 1.72. The number of nitrogens with one attached hydrogen (secondary N) is 1. The van der Waals surface area contributed by atoms with E-state index in [1.807, 2.05) is 22.9 Å². The van der Waals surface area contributed by atoms with Gasteiger partial charge in [0.15, 0.2) is 0 Å². The lowest BCUT2D eigenvalue weighted by atomic mass is 10.1. The summed E-state index contributed by atoms with van der Waals surface area (Å²) in [7, 11) is 0. The van der Waals surface area contributed by atoms with Crippen molar-refractivity contribution >= 4 is 34.2 Å². The molecule has 6 heteroatoms. The molecule has 0 spiro atoms. The van der Waals surface area contributed by atoms with Gasteiger partial charge in [-0.15, -0.1) is 22.7 Å². The van der Waals surface area contributed by atoms with E-state index in [4.69, 9.17) is 4.74 Å². The molecule has 0 atom stereocenters. The van der Waals surface area contributed by atoms with Crippen LogP contribution in [-0.2, 0) is 9.53 Å². The lowest BCUT2D eigenvalue weighted by Crippen LogP contribution is -2.41. The van der Waals surface area contributed by atoms with E-state index in [1.165, 1.54) is 0 Å². The SMILES string of the molecule is O=C(C=C(c1cccs1)c1cccs1)NCCN1CCOCC1. The molecule has 0 saturated carbocycles. The van der Waals surface area contributed by atoms with Gasteiger partial charge in [-0.25, -0.2) is 0 Å². The van der Waals surface area contributed by atoms with Crippen molar-refractivity contribution < 1.29 is 9.53 Å². The summed E-state index contributed by atoms with van der Waals surface area (Å²) in [5.74, 6) is -0.0324. The monoisotopic (exact) mass is 348 g/mol. The summed E-state index contributed by atoms with van der Waals surface area (Å²) >= 11 is 3.31. The number of hydrogen-bond acceptors (Lipinski definition) is 5. The van der Waals surface area contributed by atoms with Crippen molar-refractivity contribution in [3.05, 3.63) is 50.9 Å². The zero-order chi connectivity index (χ0) is 15.9. The Kier molecular flexibility index (Phi) is 5.99. The van der Waals surface area contributed by atoms with Crippen LogP contribution in [0, 0.1) is 0 Å². The van der Waals surface area contributed by atoms with Gasteiger partial charge >= 0.3 is 0 Å². The van der Waals surface area contributed by atoms with Crippen LogP contribution < -0.4 is 5.32 Å². The van der Waals surface area contributed by atoms with E-state index in [9.17, 15) is 4.79 Å². The minimum atomic E-state index is -0.0324. The highest BCUT2D eigenvalue weighted by atomic mass is 32.1. The average Bonchev–Trinajstić information content (AvgIpc) is 3.27. The Morgan fingerprint density at radius 1 is 1.17 bits per heavy atom. The first-order valence-electron chi connectivity index (χ1n) is 7.70. The number of thiophene rings is 2. The fourth-order valence-corrected chi connectivity index (χ4v) is 4.05. The second-order valence-corrected chi connectivity index (χ2v) is 7.15. The highest BCUT2D eigenvalue weighted by molar-refractivity contribution is 7.13. The fourth-order valence-electron chi connectivity index (χ4n) is 2.47. The van der Waals surface area contributed by atoms with E-state index in [-0.39, 0.29) is 5.91 Å². The van der Waals surface area contributed by atoms with Gasteiger partial charge < -0.3 is 10.1 Å². The van der Waals surface area contributed by atoms with Crippen molar-refractivity contribution in [2.75, 3.05) is 39.4 Å². The molecule has 1 amide bonds. The summed E-state index contributed by atoms with van der Waals surface area (Å²) < 4.78 is 5.33. The first-order valence-corrected chi connectivity index (χ1v) is 9.46. The predicted octanol–water partition coefficient (Wildman–Crippen LogP) is 2.69. The smallest absolute Gasteiger partial charge is 0.244 e. The largest absolute Gasteiger partial charge is 0.379 e. The van der Waals surface area contributed by atoms with Crippen LogP contribution in [0.25, 0.3) is 5.57 Å². The molecular weight excluding hydrogens is 328 g/mol. The molecule has 1 aliphatic heterocycles. The minimum Gasteiger partial charge on any atom is -0.379 e. The van der Waals surface area contributed by atoms with Crippen LogP contribution in [0.1, 0.15) is 9.75 Å². The second kappa shape index (κ2) is 8.40. The van der Waals surface area contributed by atoms with Crippen LogP contribution in [0.3, 0.4) is 0 Å². The van der Waals surface area contributed by atoms with Gasteiger partial charge in [0.05, 0.1) is 13.2 Å². The van der Waals surface area contributed by atoms with Crippen LogP contribution in [0.4, 0.5) is 0 Å². The minimum absolute atomic E-state index is 0.0324. The molecule has 3 heterocycles. The number of morpholine rings is 1. The lowest BCUT2D eigenvalue weighted by molar-refractivity contribution is -0.116. The Bertz CT molecular complexity index is 593. The standard InChI is InChI=1S/C17H20N2O2S2/c20-17(18-5-6-19-7-9-21-10-8-19)13-14(15-3-1-11-22-15)16-4-2-12-23-16/h1-4,11-13H,5-10H2,(H,18,20). The number of ether oxygens (including phenoxy) is 1. The highest BCUT2D eigenvalue weighted by Crippen LogP contribution is 2.30. The van der Waals surface area contributed by atoms with Crippen LogP contribution in [0.15, 0.2) is 41.1 Å². The summed E-state index contributed by atoms with van der Waals surface area (Å²) in [5.41, 5.74) is 0.999. The van der Waals surface area contributed by atoms with Crippen LogP contribution in [-0.4, -0.2) is 50.2 Å². The molecule has 0 radical (unpaired) electrons. The number of amides is 1. The van der Waals surface area contributed by atoms with E-state index in [0.29, 0.717) is 6.54 Å². The van der Waals surface area contributed by atoms with Crippen LogP contribution in [0.2, 0.25) is 0 Å². The van der Waals surface area contributed by atoms with E-state index in [2.05, 4.69) is 22.3 Å². The normalized spacial score (nSPS) is 15.3.